The molecule has 3 N–H and O–H groups in total. The molecule has 9 nitrogen and oxygen atoms in total. The molecule has 0 amide bonds. The largest absolute Gasteiger partial charge is 0.444 e. The van der Waals surface area contributed by atoms with Crippen LogP contribution in [-0.4, -0.2) is 36.0 Å². The standard InChI is InChI=1S/C20H22N6O3.HI/c1-21-20(23-12-11-22-17-9-5-6-10-18(17)26(27)28)24-13-16-14-29-19(25-16)15-7-3-2-4-8-15;/h2-10,14,22H,11-13H2,1H3,(H2,21,23,24);1H. The van der Waals surface area contributed by atoms with E-state index in [2.05, 4.69) is 25.9 Å². The van der Waals surface area contributed by atoms with E-state index in [1.54, 1.807) is 31.5 Å². The highest BCUT2D eigenvalue weighted by Crippen LogP contribution is 2.22. The lowest BCUT2D eigenvalue weighted by Crippen LogP contribution is -2.39. The molecule has 3 aromatic rings. The minimum atomic E-state index is -0.405. The van der Waals surface area contributed by atoms with Gasteiger partial charge in [-0.05, 0) is 18.2 Å². The number of para-hydroxylation sites is 2. The van der Waals surface area contributed by atoms with Gasteiger partial charge in [0.15, 0.2) is 5.96 Å². The number of aromatic nitrogens is 1. The summed E-state index contributed by atoms with van der Waals surface area (Å²) >= 11 is 0. The van der Waals surface area contributed by atoms with E-state index in [0.717, 1.165) is 11.3 Å². The van der Waals surface area contributed by atoms with E-state index in [0.29, 0.717) is 37.2 Å². The molecule has 30 heavy (non-hydrogen) atoms. The van der Waals surface area contributed by atoms with Gasteiger partial charge in [-0.2, -0.15) is 0 Å². The number of nitrogens with one attached hydrogen (secondary N) is 3. The second-order valence-electron chi connectivity index (χ2n) is 6.06. The van der Waals surface area contributed by atoms with Gasteiger partial charge in [-0.25, -0.2) is 4.98 Å². The van der Waals surface area contributed by atoms with Gasteiger partial charge >= 0.3 is 0 Å². The molecule has 0 atom stereocenters. The number of oxazole rings is 1. The number of guanidine groups is 1. The average molecular weight is 522 g/mol. The molecule has 0 aliphatic heterocycles. The highest BCUT2D eigenvalue weighted by atomic mass is 127. The second-order valence-corrected chi connectivity index (χ2v) is 6.06. The fraction of sp³-hybridized carbons (Fsp3) is 0.200. The van der Waals surface area contributed by atoms with E-state index in [-0.39, 0.29) is 29.7 Å². The number of halogens is 1. The number of hydrogen-bond acceptors (Lipinski definition) is 6. The first-order valence-corrected chi connectivity index (χ1v) is 9.09. The van der Waals surface area contributed by atoms with E-state index in [1.165, 1.54) is 6.07 Å². The van der Waals surface area contributed by atoms with Gasteiger partial charge in [-0.15, -0.1) is 24.0 Å². The molecule has 2 aromatic carbocycles. The third kappa shape index (κ3) is 6.44. The Morgan fingerprint density at radius 1 is 1.10 bits per heavy atom. The quantitative estimate of drug-likeness (QED) is 0.103. The summed E-state index contributed by atoms with van der Waals surface area (Å²) in [6.07, 6.45) is 1.61. The summed E-state index contributed by atoms with van der Waals surface area (Å²) in [4.78, 5) is 19.2. The lowest BCUT2D eigenvalue weighted by molar-refractivity contribution is -0.384. The van der Waals surface area contributed by atoms with Crippen molar-refractivity contribution in [2.75, 3.05) is 25.5 Å². The third-order valence-corrected chi connectivity index (χ3v) is 4.07. The Kier molecular flexibility index (Phi) is 9.06. The smallest absolute Gasteiger partial charge is 0.292 e. The van der Waals surface area contributed by atoms with Crippen molar-refractivity contribution in [2.45, 2.75) is 6.54 Å². The van der Waals surface area contributed by atoms with Gasteiger partial charge in [0.05, 0.1) is 17.2 Å². The molecule has 1 heterocycles. The summed E-state index contributed by atoms with van der Waals surface area (Å²) in [7, 11) is 1.67. The lowest BCUT2D eigenvalue weighted by atomic mass is 10.2. The number of anilines is 1. The molecule has 0 radical (unpaired) electrons. The number of benzene rings is 2. The first-order valence-electron chi connectivity index (χ1n) is 9.09. The summed E-state index contributed by atoms with van der Waals surface area (Å²) in [6, 6.07) is 16.2. The fourth-order valence-corrected chi connectivity index (χ4v) is 2.66. The van der Waals surface area contributed by atoms with E-state index in [1.807, 2.05) is 30.3 Å². The molecule has 0 saturated carbocycles. The van der Waals surface area contributed by atoms with Crippen LogP contribution in [0.1, 0.15) is 5.69 Å². The minimum absolute atomic E-state index is 0. The van der Waals surface area contributed by atoms with Crippen LogP contribution in [0.25, 0.3) is 11.5 Å². The van der Waals surface area contributed by atoms with Crippen LogP contribution in [0.5, 0.6) is 0 Å². The predicted molar refractivity (Wildman–Crippen MR) is 127 cm³/mol. The van der Waals surface area contributed by atoms with E-state index in [9.17, 15) is 10.1 Å². The van der Waals surface area contributed by atoms with Crippen molar-refractivity contribution in [3.05, 3.63) is 76.7 Å². The van der Waals surface area contributed by atoms with Gasteiger partial charge in [0, 0.05) is 31.8 Å². The van der Waals surface area contributed by atoms with Gasteiger partial charge in [0.2, 0.25) is 5.89 Å². The number of nitrogens with zero attached hydrogens (tertiary/aromatic N) is 3. The zero-order valence-electron chi connectivity index (χ0n) is 16.4. The van der Waals surface area contributed by atoms with Crippen LogP contribution in [-0.2, 0) is 6.54 Å². The van der Waals surface area contributed by atoms with Crippen molar-refractivity contribution in [3.63, 3.8) is 0 Å². The zero-order chi connectivity index (χ0) is 20.5. The van der Waals surface area contributed by atoms with Gasteiger partial charge in [-0.1, -0.05) is 30.3 Å². The highest BCUT2D eigenvalue weighted by Gasteiger charge is 2.11. The Morgan fingerprint density at radius 3 is 2.57 bits per heavy atom. The summed E-state index contributed by atoms with van der Waals surface area (Å²) in [5.41, 5.74) is 2.21. The average Bonchev–Trinajstić information content (AvgIpc) is 3.23. The van der Waals surface area contributed by atoms with E-state index in [4.69, 9.17) is 4.42 Å². The van der Waals surface area contributed by atoms with Gasteiger partial charge < -0.3 is 20.4 Å². The molecule has 3 rings (SSSR count). The predicted octanol–water partition coefficient (Wildman–Crippen LogP) is 3.64. The van der Waals surface area contributed by atoms with E-state index >= 15 is 0 Å². The Bertz CT molecular complexity index is 977. The second kappa shape index (κ2) is 11.8. The fourth-order valence-electron chi connectivity index (χ4n) is 2.66. The van der Waals surface area contributed by atoms with Crippen LogP contribution in [0.15, 0.2) is 70.3 Å². The van der Waals surface area contributed by atoms with Crippen molar-refractivity contribution in [1.82, 2.24) is 15.6 Å². The minimum Gasteiger partial charge on any atom is -0.444 e. The van der Waals surface area contributed by atoms with Crippen LogP contribution in [0.2, 0.25) is 0 Å². The zero-order valence-corrected chi connectivity index (χ0v) is 18.7. The number of hydrogen-bond donors (Lipinski definition) is 3. The van der Waals surface area contributed by atoms with Crippen molar-refractivity contribution in [1.29, 1.82) is 0 Å². The number of rotatable bonds is 8. The molecule has 0 spiro atoms. The number of aliphatic imine (C=N–C) groups is 1. The highest BCUT2D eigenvalue weighted by molar-refractivity contribution is 14.0. The number of nitro benzene ring substituents is 1. The molecule has 0 aliphatic carbocycles. The van der Waals surface area contributed by atoms with Crippen LogP contribution >= 0.6 is 24.0 Å². The Morgan fingerprint density at radius 2 is 1.83 bits per heavy atom. The van der Waals surface area contributed by atoms with Crippen LogP contribution < -0.4 is 16.0 Å². The molecule has 10 heteroatoms. The Balaban J connectivity index is 0.00000320. The van der Waals surface area contributed by atoms with Crippen molar-refractivity contribution < 1.29 is 9.34 Å². The third-order valence-electron chi connectivity index (χ3n) is 4.07. The number of nitro groups is 1. The topological polar surface area (TPSA) is 118 Å². The van der Waals surface area contributed by atoms with E-state index < -0.39 is 4.92 Å². The maximum atomic E-state index is 11.0. The van der Waals surface area contributed by atoms with Gasteiger partial charge in [-0.3, -0.25) is 15.1 Å². The maximum absolute atomic E-state index is 11.0. The maximum Gasteiger partial charge on any atom is 0.292 e. The SMILES string of the molecule is CN=C(NCCNc1ccccc1[N+](=O)[O-])NCc1coc(-c2ccccc2)n1.I. The van der Waals surface area contributed by atoms with Gasteiger partial charge in [0.1, 0.15) is 12.0 Å². The van der Waals surface area contributed by atoms with Crippen molar-refractivity contribution in [3.8, 4) is 11.5 Å². The summed E-state index contributed by atoms with van der Waals surface area (Å²) in [5.74, 6) is 1.16. The molecular weight excluding hydrogens is 499 g/mol. The Hall–Kier alpha value is -3.15. The molecule has 0 saturated heterocycles. The van der Waals surface area contributed by atoms with Crippen LogP contribution in [0.4, 0.5) is 11.4 Å². The van der Waals surface area contributed by atoms with Crippen molar-refractivity contribution in [2.24, 2.45) is 4.99 Å². The molecule has 0 unspecified atom stereocenters. The lowest BCUT2D eigenvalue weighted by Gasteiger charge is -2.12. The van der Waals surface area contributed by atoms with Crippen molar-refractivity contribution >= 4 is 41.3 Å². The first kappa shape index (κ1) is 23.1. The molecule has 0 aliphatic rings. The first-order chi connectivity index (χ1) is 14.2. The van der Waals surface area contributed by atoms with Gasteiger partial charge in [0.25, 0.3) is 5.69 Å². The van der Waals surface area contributed by atoms with Crippen LogP contribution in [0.3, 0.4) is 0 Å². The summed E-state index contributed by atoms with van der Waals surface area (Å²) < 4.78 is 5.52. The molecule has 0 bridgehead atoms. The molecule has 1 aromatic heterocycles. The molecule has 0 fully saturated rings. The Labute approximate surface area is 191 Å². The monoisotopic (exact) mass is 522 g/mol. The molecule has 158 valence electrons. The molecular formula is C20H23IN6O3. The van der Waals surface area contributed by atoms with Crippen LogP contribution in [0, 0.1) is 10.1 Å². The summed E-state index contributed by atoms with van der Waals surface area (Å²) in [6.45, 7) is 1.47. The summed E-state index contributed by atoms with van der Waals surface area (Å²) in [5, 5.41) is 20.4. The normalized spacial score (nSPS) is 10.8.